The van der Waals surface area contributed by atoms with Crippen molar-refractivity contribution in [1.82, 2.24) is 0 Å². The average molecular weight is 321 g/mol. The lowest BCUT2D eigenvalue weighted by Gasteiger charge is -2.33. The number of ether oxygens (including phenoxy) is 2. The zero-order chi connectivity index (χ0) is 17.3. The van der Waals surface area contributed by atoms with Crippen molar-refractivity contribution in [3.8, 4) is 17.6 Å². The largest absolute Gasteiger partial charge is 0.488 e. The standard InChI is InChI=1S/C21H23NO2/c1-14-15(2)20-18(10-11-21(4,13-22)24-20)16(3)19(14)23-12-17-8-6-5-7-9-17/h5-9H,10-12H2,1-4H3/t21-/m1/s1. The summed E-state index contributed by atoms with van der Waals surface area (Å²) < 4.78 is 12.2. The summed E-state index contributed by atoms with van der Waals surface area (Å²) in [5.74, 6) is 1.81. The van der Waals surface area contributed by atoms with E-state index in [9.17, 15) is 5.26 Å². The topological polar surface area (TPSA) is 42.2 Å². The lowest BCUT2D eigenvalue weighted by atomic mass is 9.88. The molecule has 24 heavy (non-hydrogen) atoms. The van der Waals surface area contributed by atoms with E-state index in [0.717, 1.165) is 40.2 Å². The molecular weight excluding hydrogens is 298 g/mol. The molecule has 1 aliphatic rings. The third-order valence-corrected chi connectivity index (χ3v) is 4.95. The Balaban J connectivity index is 1.96. The quantitative estimate of drug-likeness (QED) is 0.815. The minimum Gasteiger partial charge on any atom is -0.488 e. The first-order chi connectivity index (χ1) is 11.4. The lowest BCUT2D eigenvalue weighted by molar-refractivity contribution is 0.120. The van der Waals surface area contributed by atoms with Crippen molar-refractivity contribution in [3.63, 3.8) is 0 Å². The van der Waals surface area contributed by atoms with Crippen molar-refractivity contribution >= 4 is 0 Å². The second kappa shape index (κ2) is 6.20. The monoisotopic (exact) mass is 321 g/mol. The van der Waals surface area contributed by atoms with E-state index in [0.29, 0.717) is 13.0 Å². The van der Waals surface area contributed by atoms with E-state index in [1.54, 1.807) is 0 Å². The predicted octanol–water partition coefficient (Wildman–Crippen LogP) is 4.80. The van der Waals surface area contributed by atoms with Gasteiger partial charge in [-0.3, -0.25) is 0 Å². The molecule has 0 aromatic heterocycles. The molecule has 0 spiro atoms. The van der Waals surface area contributed by atoms with Gasteiger partial charge in [0.2, 0.25) is 0 Å². The summed E-state index contributed by atoms with van der Waals surface area (Å²) in [6.07, 6.45) is 1.55. The van der Waals surface area contributed by atoms with Gasteiger partial charge in [0.15, 0.2) is 5.60 Å². The van der Waals surface area contributed by atoms with Crippen LogP contribution in [-0.4, -0.2) is 5.60 Å². The Hall–Kier alpha value is -2.47. The van der Waals surface area contributed by atoms with Gasteiger partial charge < -0.3 is 9.47 Å². The fourth-order valence-corrected chi connectivity index (χ4v) is 3.26. The van der Waals surface area contributed by atoms with Crippen LogP contribution in [0, 0.1) is 32.1 Å². The Labute approximate surface area is 143 Å². The van der Waals surface area contributed by atoms with Crippen LogP contribution in [0.1, 0.15) is 41.2 Å². The SMILES string of the molecule is Cc1c(C)c2c(c(C)c1OCc1ccccc1)CC[C@](C)(C#N)O2. The first-order valence-electron chi connectivity index (χ1n) is 8.35. The number of nitrogens with zero attached hydrogens (tertiary/aromatic N) is 1. The summed E-state index contributed by atoms with van der Waals surface area (Å²) in [7, 11) is 0. The van der Waals surface area contributed by atoms with Gasteiger partial charge in [0, 0.05) is 12.0 Å². The number of rotatable bonds is 3. The molecule has 3 rings (SSSR count). The van der Waals surface area contributed by atoms with Crippen LogP contribution >= 0.6 is 0 Å². The van der Waals surface area contributed by atoms with E-state index in [-0.39, 0.29) is 0 Å². The molecule has 0 radical (unpaired) electrons. The Morgan fingerprint density at radius 3 is 2.50 bits per heavy atom. The Kier molecular flexibility index (Phi) is 4.24. The van der Waals surface area contributed by atoms with Gasteiger partial charge in [-0.15, -0.1) is 0 Å². The molecule has 124 valence electrons. The molecule has 1 aliphatic heterocycles. The van der Waals surface area contributed by atoms with Crippen LogP contribution in [0.5, 0.6) is 11.5 Å². The molecule has 0 saturated carbocycles. The first-order valence-corrected chi connectivity index (χ1v) is 8.35. The highest BCUT2D eigenvalue weighted by molar-refractivity contribution is 5.59. The van der Waals surface area contributed by atoms with E-state index in [1.165, 1.54) is 5.56 Å². The first kappa shape index (κ1) is 16.4. The van der Waals surface area contributed by atoms with Crippen molar-refractivity contribution in [2.45, 2.75) is 52.7 Å². The van der Waals surface area contributed by atoms with Gasteiger partial charge in [0.05, 0.1) is 0 Å². The predicted molar refractivity (Wildman–Crippen MR) is 94.4 cm³/mol. The molecule has 0 saturated heterocycles. The van der Waals surface area contributed by atoms with Crippen molar-refractivity contribution in [1.29, 1.82) is 5.26 Å². The summed E-state index contributed by atoms with van der Waals surface area (Å²) >= 11 is 0. The Bertz CT molecular complexity index is 805. The molecule has 0 amide bonds. The molecule has 0 fully saturated rings. The third kappa shape index (κ3) is 2.85. The highest BCUT2D eigenvalue weighted by atomic mass is 16.5. The van der Waals surface area contributed by atoms with Gasteiger partial charge in [0.1, 0.15) is 24.2 Å². The summed E-state index contributed by atoms with van der Waals surface area (Å²) in [6, 6.07) is 12.5. The zero-order valence-corrected chi connectivity index (χ0v) is 14.8. The van der Waals surface area contributed by atoms with E-state index in [2.05, 4.69) is 32.0 Å². The van der Waals surface area contributed by atoms with E-state index in [4.69, 9.17) is 9.47 Å². The number of nitriles is 1. The van der Waals surface area contributed by atoms with E-state index in [1.807, 2.05) is 32.0 Å². The molecule has 2 aromatic rings. The fraction of sp³-hybridized carbons (Fsp3) is 0.381. The maximum Gasteiger partial charge on any atom is 0.191 e. The Morgan fingerprint density at radius 1 is 1.12 bits per heavy atom. The van der Waals surface area contributed by atoms with Crippen molar-refractivity contribution < 1.29 is 9.47 Å². The van der Waals surface area contributed by atoms with E-state index < -0.39 is 5.60 Å². The number of hydrogen-bond acceptors (Lipinski definition) is 3. The maximum absolute atomic E-state index is 9.37. The van der Waals surface area contributed by atoms with Crippen LogP contribution in [0.2, 0.25) is 0 Å². The maximum atomic E-state index is 9.37. The second-order valence-corrected chi connectivity index (χ2v) is 6.73. The molecular formula is C21H23NO2. The number of hydrogen-bond donors (Lipinski definition) is 0. The minimum absolute atomic E-state index is 0.553. The highest BCUT2D eigenvalue weighted by Gasteiger charge is 2.34. The summed E-state index contributed by atoms with van der Waals surface area (Å²) in [6.45, 7) is 8.61. The normalized spacial score (nSPS) is 19.1. The Morgan fingerprint density at radius 2 is 1.83 bits per heavy atom. The summed E-state index contributed by atoms with van der Waals surface area (Å²) in [5.41, 5.74) is 4.88. The van der Waals surface area contributed by atoms with Crippen LogP contribution in [0.3, 0.4) is 0 Å². The van der Waals surface area contributed by atoms with Crippen LogP contribution in [0.25, 0.3) is 0 Å². The molecule has 2 aromatic carbocycles. The lowest BCUT2D eigenvalue weighted by Crippen LogP contribution is -2.35. The zero-order valence-electron chi connectivity index (χ0n) is 14.8. The van der Waals surface area contributed by atoms with Crippen molar-refractivity contribution in [3.05, 3.63) is 58.1 Å². The molecule has 0 unspecified atom stereocenters. The second-order valence-electron chi connectivity index (χ2n) is 6.73. The molecule has 0 aliphatic carbocycles. The molecule has 0 N–H and O–H groups in total. The smallest absolute Gasteiger partial charge is 0.191 e. The van der Waals surface area contributed by atoms with Gasteiger partial charge in [-0.2, -0.15) is 5.26 Å². The summed E-state index contributed by atoms with van der Waals surface area (Å²) in [5, 5.41) is 9.37. The van der Waals surface area contributed by atoms with Crippen molar-refractivity contribution in [2.24, 2.45) is 0 Å². The number of benzene rings is 2. The molecule has 3 nitrogen and oxygen atoms in total. The minimum atomic E-state index is -0.733. The average Bonchev–Trinajstić information content (AvgIpc) is 2.60. The van der Waals surface area contributed by atoms with Gasteiger partial charge >= 0.3 is 0 Å². The van der Waals surface area contributed by atoms with E-state index >= 15 is 0 Å². The summed E-state index contributed by atoms with van der Waals surface area (Å²) in [4.78, 5) is 0. The molecule has 1 heterocycles. The van der Waals surface area contributed by atoms with Crippen LogP contribution in [0.4, 0.5) is 0 Å². The molecule has 0 bridgehead atoms. The molecule has 3 heteroatoms. The van der Waals surface area contributed by atoms with Gasteiger partial charge in [-0.1, -0.05) is 30.3 Å². The van der Waals surface area contributed by atoms with Gasteiger partial charge in [0.25, 0.3) is 0 Å². The van der Waals surface area contributed by atoms with Crippen LogP contribution in [0.15, 0.2) is 30.3 Å². The van der Waals surface area contributed by atoms with Crippen LogP contribution in [-0.2, 0) is 13.0 Å². The third-order valence-electron chi connectivity index (χ3n) is 4.95. The van der Waals surface area contributed by atoms with Gasteiger partial charge in [-0.05, 0) is 56.4 Å². The number of fused-ring (bicyclic) bond motifs is 1. The van der Waals surface area contributed by atoms with Crippen molar-refractivity contribution in [2.75, 3.05) is 0 Å². The molecule has 1 atom stereocenters. The van der Waals surface area contributed by atoms with Gasteiger partial charge in [-0.25, -0.2) is 0 Å². The highest BCUT2D eigenvalue weighted by Crippen LogP contribution is 2.43. The fourth-order valence-electron chi connectivity index (χ4n) is 3.26. The van der Waals surface area contributed by atoms with Crippen LogP contribution < -0.4 is 9.47 Å².